The zero-order valence-electron chi connectivity index (χ0n) is 18.9. The number of alkyl halides is 3. The summed E-state index contributed by atoms with van der Waals surface area (Å²) in [5, 5.41) is 2.51. The van der Waals surface area contributed by atoms with Gasteiger partial charge in [-0.3, -0.25) is 9.52 Å². The van der Waals surface area contributed by atoms with Crippen LogP contribution < -0.4 is 10.0 Å². The van der Waals surface area contributed by atoms with Crippen LogP contribution in [-0.4, -0.2) is 20.6 Å². The summed E-state index contributed by atoms with van der Waals surface area (Å²) in [6.45, 7) is 5.18. The number of hydrogen-bond donors (Lipinski definition) is 2. The second-order valence-corrected chi connectivity index (χ2v) is 10.1. The van der Waals surface area contributed by atoms with Crippen LogP contribution in [0.1, 0.15) is 49.1 Å². The van der Waals surface area contributed by atoms with Crippen LogP contribution in [0.2, 0.25) is 0 Å². The lowest BCUT2D eigenvalue weighted by atomic mass is 9.95. The highest BCUT2D eigenvalue weighted by molar-refractivity contribution is 7.92. The number of benzene rings is 2. The van der Waals surface area contributed by atoms with Crippen LogP contribution in [-0.2, 0) is 27.4 Å². The first-order valence-electron chi connectivity index (χ1n) is 10.2. The third-order valence-corrected chi connectivity index (χ3v) is 5.30. The first kappa shape index (κ1) is 27.3. The van der Waals surface area contributed by atoms with E-state index in [4.69, 9.17) is 0 Å². The van der Waals surface area contributed by atoms with Crippen LogP contribution >= 0.6 is 0 Å². The van der Waals surface area contributed by atoms with Gasteiger partial charge in [0.2, 0.25) is 15.9 Å². The highest BCUT2D eigenvalue weighted by Gasteiger charge is 2.30. The zero-order chi connectivity index (χ0) is 25.8. The van der Waals surface area contributed by atoms with Crippen molar-refractivity contribution in [2.45, 2.75) is 39.4 Å². The van der Waals surface area contributed by atoms with Gasteiger partial charge in [-0.2, -0.15) is 13.2 Å². The molecule has 2 aromatic carbocycles. The van der Waals surface area contributed by atoms with Crippen molar-refractivity contribution < 1.29 is 35.2 Å². The lowest BCUT2D eigenvalue weighted by molar-refractivity contribution is -0.137. The van der Waals surface area contributed by atoms with Crippen LogP contribution in [0, 0.1) is 17.6 Å². The second-order valence-electron chi connectivity index (χ2n) is 8.31. The molecule has 0 bridgehead atoms. The maximum atomic E-state index is 14.2. The van der Waals surface area contributed by atoms with Crippen molar-refractivity contribution in [1.82, 2.24) is 5.32 Å². The molecular weight excluding hydrogens is 479 g/mol. The first-order chi connectivity index (χ1) is 15.6. The molecule has 186 valence electrons. The average molecular weight is 505 g/mol. The fourth-order valence-electron chi connectivity index (χ4n) is 3.20. The SMILES string of the molecule is CC(C)Cc1cc(C(F)(F)F)ccc1/C=C/C(=O)N[C@H](C)c1cc(F)c(NS(C)(=O)=O)c(F)c1. The highest BCUT2D eigenvalue weighted by Crippen LogP contribution is 2.31. The Morgan fingerprint density at radius 2 is 1.65 bits per heavy atom. The Morgan fingerprint density at radius 3 is 2.15 bits per heavy atom. The molecule has 2 aromatic rings. The van der Waals surface area contributed by atoms with Crippen LogP contribution in [0.5, 0.6) is 0 Å². The van der Waals surface area contributed by atoms with Gasteiger partial charge in [0.25, 0.3) is 0 Å². The molecule has 2 N–H and O–H groups in total. The molecule has 0 radical (unpaired) electrons. The summed E-state index contributed by atoms with van der Waals surface area (Å²) in [7, 11) is -3.90. The summed E-state index contributed by atoms with van der Waals surface area (Å²) in [5.41, 5.74) is -0.690. The highest BCUT2D eigenvalue weighted by atomic mass is 32.2. The molecule has 2 rings (SSSR count). The maximum absolute atomic E-state index is 14.2. The summed E-state index contributed by atoms with van der Waals surface area (Å²) in [4.78, 5) is 12.3. The topological polar surface area (TPSA) is 75.3 Å². The average Bonchev–Trinajstić information content (AvgIpc) is 2.67. The number of anilines is 1. The van der Waals surface area contributed by atoms with E-state index in [2.05, 4.69) is 5.32 Å². The number of nitrogens with one attached hydrogen (secondary N) is 2. The Labute approximate surface area is 195 Å². The number of carbonyl (C=O) groups excluding carboxylic acids is 1. The quantitative estimate of drug-likeness (QED) is 0.371. The molecule has 5 nitrogen and oxygen atoms in total. The molecule has 0 aromatic heterocycles. The van der Waals surface area contributed by atoms with Gasteiger partial charge >= 0.3 is 6.18 Å². The van der Waals surface area contributed by atoms with Crippen molar-refractivity contribution in [2.24, 2.45) is 5.92 Å². The number of rotatable bonds is 8. The van der Waals surface area contributed by atoms with E-state index in [1.165, 1.54) is 19.1 Å². The van der Waals surface area contributed by atoms with E-state index in [9.17, 15) is 35.2 Å². The second kappa shape index (κ2) is 10.5. The molecule has 11 heteroatoms. The lowest BCUT2D eigenvalue weighted by Crippen LogP contribution is -2.25. The predicted octanol–water partition coefficient (Wildman–Crippen LogP) is 5.44. The molecule has 0 unspecified atom stereocenters. The van der Waals surface area contributed by atoms with E-state index in [0.29, 0.717) is 17.5 Å². The van der Waals surface area contributed by atoms with E-state index in [-0.39, 0.29) is 11.5 Å². The molecule has 0 aliphatic heterocycles. The molecule has 0 saturated carbocycles. The molecule has 0 heterocycles. The Kier molecular flexibility index (Phi) is 8.46. The minimum atomic E-state index is -4.49. The number of carbonyl (C=O) groups is 1. The fraction of sp³-hybridized carbons (Fsp3) is 0.348. The van der Waals surface area contributed by atoms with Crippen LogP contribution in [0.3, 0.4) is 0 Å². The lowest BCUT2D eigenvalue weighted by Gasteiger charge is -2.16. The van der Waals surface area contributed by atoms with Crippen molar-refractivity contribution >= 4 is 27.7 Å². The van der Waals surface area contributed by atoms with E-state index in [1.807, 2.05) is 13.8 Å². The Morgan fingerprint density at radius 1 is 1.06 bits per heavy atom. The summed E-state index contributed by atoms with van der Waals surface area (Å²) < 4.78 is 91.8. The van der Waals surface area contributed by atoms with Gasteiger partial charge < -0.3 is 5.32 Å². The van der Waals surface area contributed by atoms with Crippen LogP contribution in [0.25, 0.3) is 6.08 Å². The van der Waals surface area contributed by atoms with Gasteiger partial charge in [0, 0.05) is 6.08 Å². The number of sulfonamides is 1. The third kappa shape index (κ3) is 7.82. The minimum Gasteiger partial charge on any atom is -0.346 e. The molecule has 0 spiro atoms. The summed E-state index contributed by atoms with van der Waals surface area (Å²) in [5.74, 6) is -2.86. The normalized spacial score (nSPS) is 13.4. The van der Waals surface area contributed by atoms with E-state index < -0.39 is 51.0 Å². The number of halogens is 5. The van der Waals surface area contributed by atoms with Gasteiger partial charge in [-0.25, -0.2) is 17.2 Å². The third-order valence-electron chi connectivity index (χ3n) is 4.72. The molecule has 34 heavy (non-hydrogen) atoms. The minimum absolute atomic E-state index is 0.0471. The monoisotopic (exact) mass is 504 g/mol. The largest absolute Gasteiger partial charge is 0.416 e. The smallest absolute Gasteiger partial charge is 0.346 e. The van der Waals surface area contributed by atoms with E-state index in [0.717, 1.165) is 36.6 Å². The summed E-state index contributed by atoms with van der Waals surface area (Å²) >= 11 is 0. The summed E-state index contributed by atoms with van der Waals surface area (Å²) in [6.07, 6.45) is -0.876. The van der Waals surface area contributed by atoms with Gasteiger partial charge in [-0.15, -0.1) is 0 Å². The number of hydrogen-bond acceptors (Lipinski definition) is 3. The Balaban J connectivity index is 2.20. The van der Waals surface area contributed by atoms with Crippen molar-refractivity contribution in [3.63, 3.8) is 0 Å². The zero-order valence-corrected chi connectivity index (χ0v) is 19.7. The molecule has 0 aliphatic carbocycles. The van der Waals surface area contributed by atoms with Gasteiger partial charge in [0.1, 0.15) is 5.69 Å². The fourth-order valence-corrected chi connectivity index (χ4v) is 3.76. The van der Waals surface area contributed by atoms with Crippen molar-refractivity contribution in [1.29, 1.82) is 0 Å². The summed E-state index contributed by atoms with van der Waals surface area (Å²) in [6, 6.07) is 4.20. The maximum Gasteiger partial charge on any atom is 0.416 e. The molecular formula is C23H25F5N2O3S. The van der Waals surface area contributed by atoms with E-state index >= 15 is 0 Å². The van der Waals surface area contributed by atoms with Gasteiger partial charge in [0.05, 0.1) is 17.9 Å². The predicted molar refractivity (Wildman–Crippen MR) is 120 cm³/mol. The molecule has 1 atom stereocenters. The Hall–Kier alpha value is -2.95. The molecule has 0 fully saturated rings. The van der Waals surface area contributed by atoms with Gasteiger partial charge in [-0.05, 0) is 66.3 Å². The van der Waals surface area contributed by atoms with Crippen LogP contribution in [0.15, 0.2) is 36.4 Å². The van der Waals surface area contributed by atoms with Crippen molar-refractivity contribution in [2.75, 3.05) is 11.0 Å². The number of amides is 1. The van der Waals surface area contributed by atoms with Gasteiger partial charge in [-0.1, -0.05) is 19.9 Å². The van der Waals surface area contributed by atoms with Crippen molar-refractivity contribution in [3.05, 3.63) is 70.3 Å². The van der Waals surface area contributed by atoms with Crippen LogP contribution in [0.4, 0.5) is 27.6 Å². The first-order valence-corrected chi connectivity index (χ1v) is 12.1. The standard InChI is InChI=1S/C23H25F5N2O3S/c1-13(2)9-17-10-18(23(26,27)28)7-5-15(17)6-8-21(31)29-14(3)16-11-19(24)22(20(25)12-16)30-34(4,32)33/h5-8,10-14,30H,9H2,1-4H3,(H,29,31)/b8-6+/t14-/m1/s1. The Bertz CT molecular complexity index is 1170. The van der Waals surface area contributed by atoms with Crippen molar-refractivity contribution in [3.8, 4) is 0 Å². The molecule has 1 amide bonds. The molecule has 0 aliphatic rings. The van der Waals surface area contributed by atoms with E-state index in [1.54, 1.807) is 4.72 Å². The van der Waals surface area contributed by atoms with Gasteiger partial charge in [0.15, 0.2) is 11.6 Å². The molecule has 0 saturated heterocycles.